The standard InChI is InChI=1S/C18H19N5O2/c1-24-14-8-9-16(25-2)15(10-14)21-17-12-20-23-18(22-17)19-11-13-6-4-3-5-7-13/h3-10,12H,11H2,1-2H3,(H2,19,21,22,23). The van der Waals surface area contributed by atoms with Gasteiger partial charge in [-0.1, -0.05) is 30.3 Å². The van der Waals surface area contributed by atoms with Crippen LogP contribution in [0.5, 0.6) is 11.5 Å². The normalized spacial score (nSPS) is 10.2. The summed E-state index contributed by atoms with van der Waals surface area (Å²) >= 11 is 0. The van der Waals surface area contributed by atoms with Crippen molar-refractivity contribution in [2.75, 3.05) is 24.9 Å². The quantitative estimate of drug-likeness (QED) is 0.685. The number of rotatable bonds is 7. The second kappa shape index (κ2) is 7.96. The van der Waals surface area contributed by atoms with Crippen LogP contribution in [-0.4, -0.2) is 29.4 Å². The number of hydrogen-bond donors (Lipinski definition) is 2. The summed E-state index contributed by atoms with van der Waals surface area (Å²) in [6.45, 7) is 0.619. The number of nitrogens with zero attached hydrogens (tertiary/aromatic N) is 3. The monoisotopic (exact) mass is 337 g/mol. The fraction of sp³-hybridized carbons (Fsp3) is 0.167. The van der Waals surface area contributed by atoms with E-state index in [2.05, 4.69) is 25.8 Å². The van der Waals surface area contributed by atoms with Crippen LogP contribution in [0.15, 0.2) is 54.7 Å². The van der Waals surface area contributed by atoms with Crippen LogP contribution in [0.2, 0.25) is 0 Å². The second-order valence-corrected chi connectivity index (χ2v) is 5.20. The average molecular weight is 337 g/mol. The van der Waals surface area contributed by atoms with Gasteiger partial charge in [0.25, 0.3) is 0 Å². The van der Waals surface area contributed by atoms with Gasteiger partial charge in [0.1, 0.15) is 11.5 Å². The van der Waals surface area contributed by atoms with Gasteiger partial charge in [-0.05, 0) is 17.7 Å². The zero-order valence-corrected chi connectivity index (χ0v) is 14.1. The fourth-order valence-electron chi connectivity index (χ4n) is 2.27. The number of methoxy groups -OCH3 is 2. The van der Waals surface area contributed by atoms with Gasteiger partial charge in [0, 0.05) is 12.6 Å². The molecule has 0 radical (unpaired) electrons. The number of ether oxygens (including phenoxy) is 2. The summed E-state index contributed by atoms with van der Waals surface area (Å²) in [5, 5.41) is 14.3. The van der Waals surface area contributed by atoms with E-state index in [9.17, 15) is 0 Å². The zero-order valence-electron chi connectivity index (χ0n) is 14.1. The molecule has 128 valence electrons. The summed E-state index contributed by atoms with van der Waals surface area (Å²) in [7, 11) is 3.22. The van der Waals surface area contributed by atoms with E-state index in [-0.39, 0.29) is 0 Å². The van der Waals surface area contributed by atoms with Crippen LogP contribution in [0.1, 0.15) is 5.56 Å². The van der Waals surface area contributed by atoms with Crippen molar-refractivity contribution in [2.45, 2.75) is 6.54 Å². The lowest BCUT2D eigenvalue weighted by molar-refractivity contribution is 0.405. The molecular formula is C18H19N5O2. The molecule has 0 saturated heterocycles. The SMILES string of the molecule is COc1ccc(OC)c(Nc2cnnc(NCc3ccccc3)n2)c1. The minimum Gasteiger partial charge on any atom is -0.497 e. The van der Waals surface area contributed by atoms with Gasteiger partial charge in [-0.3, -0.25) is 0 Å². The van der Waals surface area contributed by atoms with Crippen molar-refractivity contribution < 1.29 is 9.47 Å². The van der Waals surface area contributed by atoms with Gasteiger partial charge < -0.3 is 20.1 Å². The van der Waals surface area contributed by atoms with Crippen molar-refractivity contribution >= 4 is 17.5 Å². The van der Waals surface area contributed by atoms with E-state index in [0.29, 0.717) is 29.8 Å². The summed E-state index contributed by atoms with van der Waals surface area (Å²) in [5.74, 6) is 2.39. The van der Waals surface area contributed by atoms with E-state index < -0.39 is 0 Å². The summed E-state index contributed by atoms with van der Waals surface area (Å²) in [6, 6.07) is 15.5. The summed E-state index contributed by atoms with van der Waals surface area (Å²) in [4.78, 5) is 4.42. The highest BCUT2D eigenvalue weighted by Crippen LogP contribution is 2.30. The first-order valence-electron chi connectivity index (χ1n) is 7.75. The molecule has 2 aromatic carbocycles. The molecule has 1 heterocycles. The highest BCUT2D eigenvalue weighted by atomic mass is 16.5. The molecule has 0 amide bonds. The molecule has 0 aliphatic carbocycles. The molecule has 0 aliphatic rings. The number of hydrogen-bond acceptors (Lipinski definition) is 7. The Bertz CT molecular complexity index is 827. The van der Waals surface area contributed by atoms with E-state index >= 15 is 0 Å². The first-order chi connectivity index (χ1) is 12.3. The Hall–Kier alpha value is -3.35. The van der Waals surface area contributed by atoms with Gasteiger partial charge in [0.05, 0.1) is 26.1 Å². The maximum atomic E-state index is 5.36. The van der Waals surface area contributed by atoms with Crippen LogP contribution in [-0.2, 0) is 6.54 Å². The number of aromatic nitrogens is 3. The first kappa shape index (κ1) is 16.5. The molecule has 25 heavy (non-hydrogen) atoms. The van der Waals surface area contributed by atoms with Crippen molar-refractivity contribution in [3.8, 4) is 11.5 Å². The van der Waals surface area contributed by atoms with Crippen LogP contribution in [0.25, 0.3) is 0 Å². The third-order valence-electron chi connectivity index (χ3n) is 3.52. The maximum Gasteiger partial charge on any atom is 0.244 e. The molecule has 0 fully saturated rings. The van der Waals surface area contributed by atoms with Crippen molar-refractivity contribution in [1.29, 1.82) is 0 Å². The molecule has 0 bridgehead atoms. The largest absolute Gasteiger partial charge is 0.497 e. The number of anilines is 3. The predicted molar refractivity (Wildman–Crippen MR) is 96.4 cm³/mol. The summed E-state index contributed by atoms with van der Waals surface area (Å²) in [5.41, 5.74) is 1.87. The van der Waals surface area contributed by atoms with Crippen LogP contribution in [0.3, 0.4) is 0 Å². The van der Waals surface area contributed by atoms with Crippen molar-refractivity contribution in [1.82, 2.24) is 15.2 Å². The molecule has 3 aromatic rings. The molecule has 7 nitrogen and oxygen atoms in total. The van der Waals surface area contributed by atoms with Crippen LogP contribution < -0.4 is 20.1 Å². The third-order valence-corrected chi connectivity index (χ3v) is 3.52. The maximum absolute atomic E-state index is 5.36. The molecule has 1 aromatic heterocycles. The minimum absolute atomic E-state index is 0.440. The molecular weight excluding hydrogens is 318 g/mol. The van der Waals surface area contributed by atoms with Gasteiger partial charge in [-0.2, -0.15) is 10.1 Å². The lowest BCUT2D eigenvalue weighted by atomic mass is 10.2. The Morgan fingerprint density at radius 1 is 1.00 bits per heavy atom. The topological polar surface area (TPSA) is 81.2 Å². The van der Waals surface area contributed by atoms with E-state index in [0.717, 1.165) is 11.3 Å². The molecule has 0 unspecified atom stereocenters. The van der Waals surface area contributed by atoms with Crippen molar-refractivity contribution in [3.05, 3.63) is 60.3 Å². The Morgan fingerprint density at radius 2 is 1.84 bits per heavy atom. The fourth-order valence-corrected chi connectivity index (χ4v) is 2.27. The van der Waals surface area contributed by atoms with Crippen LogP contribution >= 0.6 is 0 Å². The van der Waals surface area contributed by atoms with E-state index in [1.807, 2.05) is 48.5 Å². The average Bonchev–Trinajstić information content (AvgIpc) is 2.67. The first-order valence-corrected chi connectivity index (χ1v) is 7.75. The lowest BCUT2D eigenvalue weighted by Crippen LogP contribution is -2.06. The highest BCUT2D eigenvalue weighted by molar-refractivity contribution is 5.66. The lowest BCUT2D eigenvalue weighted by Gasteiger charge is -2.12. The predicted octanol–water partition coefficient (Wildman–Crippen LogP) is 3.24. The zero-order chi connectivity index (χ0) is 17.5. The Kier molecular flexibility index (Phi) is 5.26. The molecule has 0 atom stereocenters. The number of nitrogens with one attached hydrogen (secondary N) is 2. The van der Waals surface area contributed by atoms with Crippen molar-refractivity contribution in [3.63, 3.8) is 0 Å². The van der Waals surface area contributed by atoms with Gasteiger partial charge in [0.15, 0.2) is 5.82 Å². The van der Waals surface area contributed by atoms with Gasteiger partial charge >= 0.3 is 0 Å². The van der Waals surface area contributed by atoms with E-state index in [1.54, 1.807) is 20.4 Å². The molecule has 0 saturated carbocycles. The number of benzene rings is 2. The smallest absolute Gasteiger partial charge is 0.244 e. The Morgan fingerprint density at radius 3 is 2.60 bits per heavy atom. The van der Waals surface area contributed by atoms with E-state index in [1.165, 1.54) is 0 Å². The van der Waals surface area contributed by atoms with Crippen LogP contribution in [0.4, 0.5) is 17.5 Å². The molecule has 3 rings (SSSR count). The van der Waals surface area contributed by atoms with Gasteiger partial charge in [-0.25, -0.2) is 0 Å². The second-order valence-electron chi connectivity index (χ2n) is 5.20. The molecule has 0 aliphatic heterocycles. The summed E-state index contributed by atoms with van der Waals surface area (Å²) in [6.07, 6.45) is 1.55. The third kappa shape index (κ3) is 4.35. The summed E-state index contributed by atoms with van der Waals surface area (Å²) < 4.78 is 10.6. The molecule has 7 heteroatoms. The van der Waals surface area contributed by atoms with Crippen molar-refractivity contribution in [2.24, 2.45) is 0 Å². The van der Waals surface area contributed by atoms with E-state index in [4.69, 9.17) is 9.47 Å². The van der Waals surface area contributed by atoms with Gasteiger partial charge in [0.2, 0.25) is 5.95 Å². The Balaban J connectivity index is 1.73. The minimum atomic E-state index is 0.440. The Labute approximate surface area is 146 Å². The molecule has 2 N–H and O–H groups in total. The van der Waals surface area contributed by atoms with Gasteiger partial charge in [-0.15, -0.1) is 5.10 Å². The highest BCUT2D eigenvalue weighted by Gasteiger charge is 2.07. The molecule has 0 spiro atoms. The van der Waals surface area contributed by atoms with Crippen LogP contribution in [0, 0.1) is 0 Å².